The number of carbonyl (C=O) groups excluding carboxylic acids is 1. The van der Waals surface area contributed by atoms with Gasteiger partial charge in [0, 0.05) is 50.9 Å². The maximum Gasteiger partial charge on any atom is 0.246 e. The third-order valence-corrected chi connectivity index (χ3v) is 6.92. The highest BCUT2D eigenvalue weighted by Gasteiger charge is 2.34. The normalized spacial score (nSPS) is 20.8. The first kappa shape index (κ1) is 23.4. The maximum atomic E-state index is 12.2. The summed E-state index contributed by atoms with van der Waals surface area (Å²) in [5.41, 5.74) is 7.47. The molecule has 184 valence electrons. The second-order valence-electron chi connectivity index (χ2n) is 9.37. The van der Waals surface area contributed by atoms with E-state index in [4.69, 9.17) is 14.7 Å². The Balaban J connectivity index is 1.36. The van der Waals surface area contributed by atoms with Crippen LogP contribution in [0.4, 0.5) is 11.8 Å². The van der Waals surface area contributed by atoms with E-state index in [9.17, 15) is 4.79 Å². The second kappa shape index (κ2) is 10.5. The zero-order valence-corrected chi connectivity index (χ0v) is 20.3. The molecule has 0 spiro atoms. The summed E-state index contributed by atoms with van der Waals surface area (Å²) in [4.78, 5) is 28.6. The van der Waals surface area contributed by atoms with Crippen LogP contribution in [0, 0.1) is 6.92 Å². The number of aryl methyl sites for hydroxylation is 1. The number of hydrogen-bond acceptors (Lipinski definition) is 8. The summed E-state index contributed by atoms with van der Waals surface area (Å²) in [7, 11) is 0. The third kappa shape index (κ3) is 5.36. The molecule has 1 atom stereocenters. The number of likely N-dealkylation sites (tertiary alicyclic amines) is 1. The van der Waals surface area contributed by atoms with Crippen LogP contribution in [0.3, 0.4) is 0 Å². The molecule has 1 N–H and O–H groups in total. The Morgan fingerprint density at radius 3 is 2.89 bits per heavy atom. The minimum absolute atomic E-state index is 0.0122. The number of piperidine rings is 1. The molecular formula is C26H33N7O2. The molecule has 0 bridgehead atoms. The molecule has 1 aromatic carbocycles. The molecule has 4 heterocycles. The summed E-state index contributed by atoms with van der Waals surface area (Å²) in [5, 5.41) is 4.40. The number of fused-ring (bicyclic) bond motifs is 1. The standard InChI is InChI=1S/C26H33N7O2/c1-3-24(34)32-9-5-8-21(16-32)33-17-22-23(18-33)28-26(29-25(22)31-10-12-35-13-11-31)30-27-15-20-7-4-6-19(2)14-20/h3-4,6-7,14-15,21H,1,5,8-13,16-18H2,2H3,(H,28,29,30)/b27-15+/t21-/m1/s1. The molecule has 9 heteroatoms. The molecule has 9 nitrogen and oxygen atoms in total. The van der Waals surface area contributed by atoms with E-state index >= 15 is 0 Å². The Labute approximate surface area is 206 Å². The van der Waals surface area contributed by atoms with Gasteiger partial charge in [-0.2, -0.15) is 10.1 Å². The van der Waals surface area contributed by atoms with Crippen molar-refractivity contribution in [2.24, 2.45) is 5.10 Å². The molecule has 2 saturated heterocycles. The van der Waals surface area contributed by atoms with Gasteiger partial charge in [-0.3, -0.25) is 9.69 Å². The van der Waals surface area contributed by atoms with Crippen molar-refractivity contribution < 1.29 is 9.53 Å². The van der Waals surface area contributed by atoms with E-state index < -0.39 is 0 Å². The number of carbonyl (C=O) groups is 1. The van der Waals surface area contributed by atoms with Crippen molar-refractivity contribution in [3.63, 3.8) is 0 Å². The van der Waals surface area contributed by atoms with Gasteiger partial charge in [0.1, 0.15) is 5.82 Å². The molecule has 0 radical (unpaired) electrons. The monoisotopic (exact) mass is 475 g/mol. The summed E-state index contributed by atoms with van der Waals surface area (Å²) in [6.45, 7) is 11.8. The van der Waals surface area contributed by atoms with E-state index in [-0.39, 0.29) is 5.91 Å². The number of morpholine rings is 1. The van der Waals surface area contributed by atoms with Gasteiger partial charge in [0.2, 0.25) is 11.9 Å². The number of aromatic nitrogens is 2. The fraction of sp³-hybridized carbons (Fsp3) is 0.462. The largest absolute Gasteiger partial charge is 0.378 e. The van der Waals surface area contributed by atoms with E-state index in [2.05, 4.69) is 46.0 Å². The summed E-state index contributed by atoms with van der Waals surface area (Å²) in [5.74, 6) is 1.48. The van der Waals surface area contributed by atoms with E-state index in [0.29, 0.717) is 25.2 Å². The number of ether oxygens (including phenoxy) is 1. The molecule has 1 amide bonds. The van der Waals surface area contributed by atoms with E-state index in [0.717, 1.165) is 69.2 Å². The lowest BCUT2D eigenvalue weighted by Gasteiger charge is -2.37. The first-order chi connectivity index (χ1) is 17.1. The summed E-state index contributed by atoms with van der Waals surface area (Å²) < 4.78 is 5.58. The number of rotatable bonds is 6. The molecule has 3 aliphatic heterocycles. The number of hydrogen-bond donors (Lipinski definition) is 1. The van der Waals surface area contributed by atoms with Gasteiger partial charge >= 0.3 is 0 Å². The first-order valence-corrected chi connectivity index (χ1v) is 12.3. The third-order valence-electron chi connectivity index (χ3n) is 6.92. The number of amides is 1. The molecular weight excluding hydrogens is 442 g/mol. The van der Waals surface area contributed by atoms with Crippen molar-refractivity contribution in [2.45, 2.75) is 38.9 Å². The molecule has 35 heavy (non-hydrogen) atoms. The molecule has 2 fully saturated rings. The van der Waals surface area contributed by atoms with Gasteiger partial charge in [0.05, 0.1) is 25.1 Å². The quantitative estimate of drug-likeness (QED) is 0.390. The van der Waals surface area contributed by atoms with Crippen molar-refractivity contribution in [1.29, 1.82) is 0 Å². The van der Waals surface area contributed by atoms with Gasteiger partial charge in [-0.25, -0.2) is 10.4 Å². The SMILES string of the molecule is C=CC(=O)N1CCC[C@@H](N2Cc3nc(N/N=C/c4cccc(C)c4)nc(N4CCOCC4)c3C2)C1. The van der Waals surface area contributed by atoms with Crippen LogP contribution >= 0.6 is 0 Å². The summed E-state index contributed by atoms with van der Waals surface area (Å²) in [6.07, 6.45) is 5.27. The Kier molecular flexibility index (Phi) is 7.06. The van der Waals surface area contributed by atoms with Crippen LogP contribution in [0.5, 0.6) is 0 Å². The van der Waals surface area contributed by atoms with Crippen molar-refractivity contribution in [3.8, 4) is 0 Å². The van der Waals surface area contributed by atoms with Crippen molar-refractivity contribution in [3.05, 3.63) is 59.3 Å². The number of nitrogens with one attached hydrogen (secondary N) is 1. The number of anilines is 2. The lowest BCUT2D eigenvalue weighted by atomic mass is 10.0. The number of nitrogens with zero attached hydrogens (tertiary/aromatic N) is 6. The summed E-state index contributed by atoms with van der Waals surface area (Å²) >= 11 is 0. The Morgan fingerprint density at radius 2 is 2.09 bits per heavy atom. The van der Waals surface area contributed by atoms with Gasteiger partial charge in [0.25, 0.3) is 0 Å². The molecule has 3 aliphatic rings. The fourth-order valence-corrected chi connectivity index (χ4v) is 5.10. The first-order valence-electron chi connectivity index (χ1n) is 12.3. The van der Waals surface area contributed by atoms with E-state index in [1.165, 1.54) is 17.2 Å². The number of hydrazone groups is 1. The van der Waals surface area contributed by atoms with Crippen LogP contribution in [-0.4, -0.2) is 77.3 Å². The average molecular weight is 476 g/mol. The van der Waals surface area contributed by atoms with Crippen molar-refractivity contribution in [2.75, 3.05) is 49.7 Å². The molecule has 0 aliphatic carbocycles. The lowest BCUT2D eigenvalue weighted by molar-refractivity contribution is -0.128. The van der Waals surface area contributed by atoms with E-state index in [1.54, 1.807) is 6.21 Å². The minimum atomic E-state index is 0.0122. The molecule has 2 aromatic rings. The average Bonchev–Trinajstić information content (AvgIpc) is 3.33. The van der Waals surface area contributed by atoms with Crippen molar-refractivity contribution >= 4 is 23.9 Å². The van der Waals surface area contributed by atoms with Crippen LogP contribution in [0.25, 0.3) is 0 Å². The maximum absolute atomic E-state index is 12.2. The highest BCUT2D eigenvalue weighted by Crippen LogP contribution is 2.33. The predicted octanol–water partition coefficient (Wildman–Crippen LogP) is 2.56. The van der Waals surface area contributed by atoms with Crippen LogP contribution in [0.15, 0.2) is 42.0 Å². The highest BCUT2D eigenvalue weighted by atomic mass is 16.5. The minimum Gasteiger partial charge on any atom is -0.378 e. The van der Waals surface area contributed by atoms with E-state index in [1.807, 2.05) is 17.0 Å². The predicted molar refractivity (Wildman–Crippen MR) is 137 cm³/mol. The van der Waals surface area contributed by atoms with Crippen LogP contribution in [0.2, 0.25) is 0 Å². The van der Waals surface area contributed by atoms with Crippen LogP contribution in [-0.2, 0) is 22.6 Å². The zero-order chi connectivity index (χ0) is 24.2. The van der Waals surface area contributed by atoms with Gasteiger partial charge in [-0.1, -0.05) is 36.4 Å². The van der Waals surface area contributed by atoms with Crippen molar-refractivity contribution in [1.82, 2.24) is 19.8 Å². The fourth-order valence-electron chi connectivity index (χ4n) is 5.10. The highest BCUT2D eigenvalue weighted by molar-refractivity contribution is 5.87. The number of benzene rings is 1. The molecule has 0 unspecified atom stereocenters. The molecule has 0 saturated carbocycles. The second-order valence-corrected chi connectivity index (χ2v) is 9.37. The van der Waals surface area contributed by atoms with Crippen LogP contribution < -0.4 is 10.3 Å². The Bertz CT molecular complexity index is 1110. The van der Waals surface area contributed by atoms with Gasteiger partial charge in [0.15, 0.2) is 0 Å². The van der Waals surface area contributed by atoms with Gasteiger partial charge < -0.3 is 14.5 Å². The smallest absolute Gasteiger partial charge is 0.246 e. The Morgan fingerprint density at radius 1 is 1.23 bits per heavy atom. The van der Waals surface area contributed by atoms with Crippen LogP contribution in [0.1, 0.15) is 35.2 Å². The Hall–Kier alpha value is -3.30. The summed E-state index contributed by atoms with van der Waals surface area (Å²) in [6, 6.07) is 8.48. The van der Waals surface area contributed by atoms with Gasteiger partial charge in [-0.05, 0) is 31.4 Å². The topological polar surface area (TPSA) is 86.2 Å². The zero-order valence-electron chi connectivity index (χ0n) is 20.3. The molecule has 5 rings (SSSR count). The lowest BCUT2D eigenvalue weighted by Crippen LogP contribution is -2.47. The molecule has 1 aromatic heterocycles. The van der Waals surface area contributed by atoms with Gasteiger partial charge in [-0.15, -0.1) is 0 Å².